The third-order valence-electron chi connectivity index (χ3n) is 2.92. The Morgan fingerprint density at radius 3 is 2.87 bits per heavy atom. The third kappa shape index (κ3) is 3.38. The van der Waals surface area contributed by atoms with Gasteiger partial charge in [0.1, 0.15) is 0 Å². The summed E-state index contributed by atoms with van der Waals surface area (Å²) in [4.78, 5) is 14.2. The minimum atomic E-state index is 0.0946. The zero-order valence-electron chi connectivity index (χ0n) is 9.95. The van der Waals surface area contributed by atoms with Crippen molar-refractivity contribution in [3.05, 3.63) is 0 Å². The number of hydrogen-bond acceptors (Lipinski definition) is 3. The van der Waals surface area contributed by atoms with Crippen LogP contribution in [0.25, 0.3) is 0 Å². The maximum absolute atomic E-state index is 12.1. The topological polar surface area (TPSA) is 32.3 Å². The van der Waals surface area contributed by atoms with Crippen molar-refractivity contribution in [2.24, 2.45) is 0 Å². The van der Waals surface area contributed by atoms with Crippen LogP contribution < -0.4 is 5.32 Å². The summed E-state index contributed by atoms with van der Waals surface area (Å²) in [6.45, 7) is 7.04. The average Bonchev–Trinajstić information content (AvgIpc) is 2.77. The van der Waals surface area contributed by atoms with Crippen molar-refractivity contribution in [3.8, 4) is 0 Å². The van der Waals surface area contributed by atoms with Crippen molar-refractivity contribution in [2.75, 3.05) is 25.9 Å². The van der Waals surface area contributed by atoms with E-state index in [-0.39, 0.29) is 5.25 Å². The van der Waals surface area contributed by atoms with Gasteiger partial charge < -0.3 is 10.2 Å². The molecule has 0 radical (unpaired) electrons. The van der Waals surface area contributed by atoms with Gasteiger partial charge in [0.25, 0.3) is 0 Å². The Balaban J connectivity index is 2.59. The van der Waals surface area contributed by atoms with Gasteiger partial charge in [-0.1, -0.05) is 6.92 Å². The second kappa shape index (κ2) is 6.38. The van der Waals surface area contributed by atoms with Crippen LogP contribution in [0.15, 0.2) is 0 Å². The average molecular weight is 230 g/mol. The molecule has 0 aromatic rings. The van der Waals surface area contributed by atoms with Crippen molar-refractivity contribution < 1.29 is 4.79 Å². The first-order chi connectivity index (χ1) is 7.20. The number of amides is 1. The lowest BCUT2D eigenvalue weighted by Gasteiger charge is -2.30. The van der Waals surface area contributed by atoms with Gasteiger partial charge in [-0.2, -0.15) is 11.8 Å². The number of carbonyl (C=O) groups excluding carboxylic acids is 1. The van der Waals surface area contributed by atoms with Gasteiger partial charge in [0, 0.05) is 19.1 Å². The van der Waals surface area contributed by atoms with Crippen molar-refractivity contribution in [3.63, 3.8) is 0 Å². The van der Waals surface area contributed by atoms with Gasteiger partial charge in [0.15, 0.2) is 0 Å². The Morgan fingerprint density at radius 2 is 2.40 bits per heavy atom. The van der Waals surface area contributed by atoms with Crippen molar-refractivity contribution in [1.29, 1.82) is 0 Å². The molecular formula is C11H22N2OS. The van der Waals surface area contributed by atoms with E-state index >= 15 is 0 Å². The number of nitrogens with one attached hydrogen (secondary N) is 1. The first kappa shape index (κ1) is 12.8. The summed E-state index contributed by atoms with van der Waals surface area (Å²) in [5.74, 6) is 0.304. The molecule has 1 aliphatic rings. The van der Waals surface area contributed by atoms with Gasteiger partial charge in [-0.3, -0.25) is 4.79 Å². The van der Waals surface area contributed by atoms with E-state index < -0.39 is 0 Å². The molecule has 0 saturated carbocycles. The first-order valence-electron chi connectivity index (χ1n) is 5.74. The molecule has 0 bridgehead atoms. The molecule has 0 aromatic heterocycles. The molecule has 2 unspecified atom stereocenters. The van der Waals surface area contributed by atoms with Crippen LogP contribution in [0.1, 0.15) is 26.7 Å². The first-order valence-corrected chi connectivity index (χ1v) is 7.03. The normalized spacial score (nSPS) is 22.7. The molecule has 4 heteroatoms. The fraction of sp³-hybridized carbons (Fsp3) is 0.909. The molecule has 1 amide bonds. The fourth-order valence-electron chi connectivity index (χ4n) is 1.95. The van der Waals surface area contributed by atoms with E-state index in [4.69, 9.17) is 0 Å². The highest BCUT2D eigenvalue weighted by Crippen LogP contribution is 2.15. The molecule has 0 aromatic carbocycles. The molecular weight excluding hydrogens is 208 g/mol. The summed E-state index contributed by atoms with van der Waals surface area (Å²) >= 11 is 1.63. The second-order valence-corrected chi connectivity index (χ2v) is 5.23. The molecule has 0 spiro atoms. The molecule has 3 nitrogen and oxygen atoms in total. The van der Waals surface area contributed by atoms with Crippen LogP contribution in [0.5, 0.6) is 0 Å². The highest BCUT2D eigenvalue weighted by atomic mass is 32.2. The van der Waals surface area contributed by atoms with Gasteiger partial charge in [0.2, 0.25) is 5.91 Å². The SMILES string of the molecule is CCCN(C(=O)C(C)SC)C1CCNC1. The lowest BCUT2D eigenvalue weighted by molar-refractivity contribution is -0.132. The molecule has 1 N–H and O–H groups in total. The number of hydrogen-bond donors (Lipinski definition) is 1. The van der Waals surface area contributed by atoms with Crippen LogP contribution in [0.3, 0.4) is 0 Å². The molecule has 1 aliphatic heterocycles. The zero-order chi connectivity index (χ0) is 11.3. The molecule has 1 saturated heterocycles. The number of nitrogens with zero attached hydrogens (tertiary/aromatic N) is 1. The zero-order valence-corrected chi connectivity index (χ0v) is 10.8. The van der Waals surface area contributed by atoms with E-state index in [1.165, 1.54) is 0 Å². The van der Waals surface area contributed by atoms with E-state index in [2.05, 4.69) is 17.1 Å². The number of rotatable bonds is 5. The van der Waals surface area contributed by atoms with Crippen molar-refractivity contribution >= 4 is 17.7 Å². The summed E-state index contributed by atoms with van der Waals surface area (Å²) < 4.78 is 0. The summed E-state index contributed by atoms with van der Waals surface area (Å²) in [7, 11) is 0. The molecule has 88 valence electrons. The standard InChI is InChI=1S/C11H22N2OS/c1-4-7-13(10-5-6-12-8-10)11(14)9(2)15-3/h9-10,12H,4-8H2,1-3H3. The van der Waals surface area contributed by atoms with Crippen LogP contribution in [0, 0.1) is 0 Å². The monoisotopic (exact) mass is 230 g/mol. The molecule has 15 heavy (non-hydrogen) atoms. The summed E-state index contributed by atoms with van der Waals surface area (Å²) in [6.07, 6.45) is 4.15. The lowest BCUT2D eigenvalue weighted by atomic mass is 10.2. The summed E-state index contributed by atoms with van der Waals surface area (Å²) in [5, 5.41) is 3.42. The van der Waals surface area contributed by atoms with E-state index in [0.29, 0.717) is 11.9 Å². The molecule has 2 atom stereocenters. The minimum absolute atomic E-state index is 0.0946. The summed E-state index contributed by atoms with van der Waals surface area (Å²) in [5.41, 5.74) is 0. The van der Waals surface area contributed by atoms with Crippen LogP contribution in [-0.2, 0) is 4.79 Å². The van der Waals surface area contributed by atoms with E-state index in [1.807, 2.05) is 13.2 Å². The largest absolute Gasteiger partial charge is 0.337 e. The van der Waals surface area contributed by atoms with Crippen LogP contribution >= 0.6 is 11.8 Å². The summed E-state index contributed by atoms with van der Waals surface area (Å²) in [6, 6.07) is 0.423. The molecule has 1 heterocycles. The van der Waals surface area contributed by atoms with Crippen molar-refractivity contribution in [2.45, 2.75) is 38.0 Å². The Morgan fingerprint density at radius 1 is 1.67 bits per heavy atom. The van der Waals surface area contributed by atoms with Crippen LogP contribution in [0.2, 0.25) is 0 Å². The second-order valence-electron chi connectivity index (χ2n) is 4.06. The van der Waals surface area contributed by atoms with Crippen LogP contribution in [-0.4, -0.2) is 48.0 Å². The Kier molecular flexibility index (Phi) is 5.47. The van der Waals surface area contributed by atoms with Gasteiger partial charge in [-0.15, -0.1) is 0 Å². The van der Waals surface area contributed by atoms with Gasteiger partial charge >= 0.3 is 0 Å². The minimum Gasteiger partial charge on any atom is -0.337 e. The predicted octanol–water partition coefficient (Wildman–Crippen LogP) is 1.34. The number of carbonyl (C=O) groups is 1. The van der Waals surface area contributed by atoms with E-state index in [1.54, 1.807) is 11.8 Å². The Bertz CT molecular complexity index is 205. The smallest absolute Gasteiger partial charge is 0.235 e. The third-order valence-corrected chi connectivity index (χ3v) is 3.83. The van der Waals surface area contributed by atoms with Crippen molar-refractivity contribution in [1.82, 2.24) is 10.2 Å². The fourth-order valence-corrected chi connectivity index (χ4v) is 2.29. The quantitative estimate of drug-likeness (QED) is 0.773. The maximum Gasteiger partial charge on any atom is 0.235 e. The lowest BCUT2D eigenvalue weighted by Crippen LogP contribution is -2.45. The molecule has 1 rings (SSSR count). The molecule has 1 fully saturated rings. The Labute approximate surface area is 97.0 Å². The van der Waals surface area contributed by atoms with Gasteiger partial charge in [-0.25, -0.2) is 0 Å². The van der Waals surface area contributed by atoms with Gasteiger partial charge in [-0.05, 0) is 32.6 Å². The van der Waals surface area contributed by atoms with Gasteiger partial charge in [0.05, 0.1) is 5.25 Å². The van der Waals surface area contributed by atoms with E-state index in [0.717, 1.165) is 32.5 Å². The van der Waals surface area contributed by atoms with E-state index in [9.17, 15) is 4.79 Å². The molecule has 0 aliphatic carbocycles. The maximum atomic E-state index is 12.1. The highest BCUT2D eigenvalue weighted by Gasteiger charge is 2.28. The highest BCUT2D eigenvalue weighted by molar-refractivity contribution is 7.99. The van der Waals surface area contributed by atoms with Crippen LogP contribution in [0.4, 0.5) is 0 Å². The Hall–Kier alpha value is -0.220. The number of thioether (sulfide) groups is 1. The predicted molar refractivity (Wildman–Crippen MR) is 66.3 cm³/mol.